The van der Waals surface area contributed by atoms with Crippen LogP contribution in [-0.4, -0.2) is 20.7 Å². The van der Waals surface area contributed by atoms with E-state index in [1.54, 1.807) is 18.4 Å². The summed E-state index contributed by atoms with van der Waals surface area (Å²) in [6.45, 7) is 4.88. The Morgan fingerprint density at radius 2 is 1.77 bits per heavy atom. The molecule has 0 aliphatic carbocycles. The van der Waals surface area contributed by atoms with Crippen molar-refractivity contribution in [3.8, 4) is 11.6 Å². The molecule has 0 saturated carbocycles. The van der Waals surface area contributed by atoms with E-state index in [2.05, 4.69) is 53.5 Å². The van der Waals surface area contributed by atoms with Crippen LogP contribution in [0.5, 0.6) is 0 Å². The molecule has 152 valence electrons. The van der Waals surface area contributed by atoms with Gasteiger partial charge >= 0.3 is 0 Å². The van der Waals surface area contributed by atoms with Crippen molar-refractivity contribution in [2.45, 2.75) is 32.7 Å². The Labute approximate surface area is 175 Å². The van der Waals surface area contributed by atoms with E-state index in [1.807, 2.05) is 30.3 Å². The average Bonchev–Trinajstić information content (AvgIpc) is 3.43. The summed E-state index contributed by atoms with van der Waals surface area (Å²) in [5.74, 6) is 1.62. The van der Waals surface area contributed by atoms with Gasteiger partial charge in [0.1, 0.15) is 0 Å². The van der Waals surface area contributed by atoms with Crippen LogP contribution < -0.4 is 5.32 Å². The van der Waals surface area contributed by atoms with Gasteiger partial charge in [0.25, 0.3) is 5.91 Å². The minimum atomic E-state index is -0.163. The molecule has 4 aromatic rings. The molecule has 0 atom stereocenters. The lowest BCUT2D eigenvalue weighted by Gasteiger charge is -2.09. The fourth-order valence-electron chi connectivity index (χ4n) is 3.16. The molecule has 2 aromatic heterocycles. The lowest BCUT2D eigenvalue weighted by Crippen LogP contribution is -2.18. The molecular formula is C24H24N4O2. The number of benzene rings is 2. The third-order valence-electron chi connectivity index (χ3n) is 4.88. The molecule has 30 heavy (non-hydrogen) atoms. The molecule has 0 amide bonds. The number of furan rings is 1. The van der Waals surface area contributed by atoms with Crippen LogP contribution in [0.3, 0.4) is 0 Å². The first-order valence-corrected chi connectivity index (χ1v) is 10.0. The van der Waals surface area contributed by atoms with Gasteiger partial charge in [0.15, 0.2) is 5.76 Å². The summed E-state index contributed by atoms with van der Waals surface area (Å²) in [5, 5.41) is 7.65. The van der Waals surface area contributed by atoms with Gasteiger partial charge in [-0.15, -0.1) is 5.10 Å². The summed E-state index contributed by atoms with van der Waals surface area (Å²) in [4.78, 5) is 17.4. The van der Waals surface area contributed by atoms with Crippen molar-refractivity contribution < 1.29 is 9.21 Å². The number of hydrogen-bond acceptors (Lipinski definition) is 5. The summed E-state index contributed by atoms with van der Waals surface area (Å²) < 4.78 is 6.73. The van der Waals surface area contributed by atoms with Gasteiger partial charge in [-0.25, -0.2) is 0 Å². The number of nitrogens with zero attached hydrogens (tertiary/aromatic N) is 3. The van der Waals surface area contributed by atoms with Crippen LogP contribution in [0.15, 0.2) is 77.4 Å². The number of anilines is 1. The lowest BCUT2D eigenvalue weighted by atomic mass is 10.0. The Morgan fingerprint density at radius 3 is 2.43 bits per heavy atom. The number of rotatable bonds is 7. The number of carbonyl (C=O) groups is 1. The first kappa shape index (κ1) is 19.6. The smallest absolute Gasteiger partial charge is 0.254 e. The molecule has 6 heteroatoms. The highest BCUT2D eigenvalue weighted by Crippen LogP contribution is 2.20. The van der Waals surface area contributed by atoms with Crippen LogP contribution >= 0.6 is 0 Å². The van der Waals surface area contributed by atoms with E-state index >= 15 is 0 Å². The molecule has 0 saturated heterocycles. The Bertz CT molecular complexity index is 1100. The maximum atomic E-state index is 12.9. The molecule has 0 aliphatic heterocycles. The Morgan fingerprint density at radius 1 is 1.00 bits per heavy atom. The first-order valence-electron chi connectivity index (χ1n) is 10.0. The molecule has 6 nitrogen and oxygen atoms in total. The average molecular weight is 400 g/mol. The highest BCUT2D eigenvalue weighted by molar-refractivity contribution is 5.83. The normalized spacial score (nSPS) is 11.0. The van der Waals surface area contributed by atoms with Gasteiger partial charge in [0.05, 0.1) is 12.7 Å². The molecule has 0 aliphatic rings. The first-order chi connectivity index (χ1) is 14.6. The van der Waals surface area contributed by atoms with Gasteiger partial charge in [-0.2, -0.15) is 9.67 Å². The third-order valence-corrected chi connectivity index (χ3v) is 4.88. The predicted octanol–water partition coefficient (Wildman–Crippen LogP) is 5.16. The standard InChI is InChI=1S/C24H24N4O2/c1-17(2)20-12-10-19(11-13-20)16-25-24-26-23(21-9-6-14-30-21)27-28(24)22(29)15-18-7-4-3-5-8-18/h3-14,17H,15-16H2,1-2H3,(H,25,26,27). The summed E-state index contributed by atoms with van der Waals surface area (Å²) in [7, 11) is 0. The van der Waals surface area contributed by atoms with Crippen LogP contribution in [0, 0.1) is 0 Å². The monoisotopic (exact) mass is 400 g/mol. The van der Waals surface area contributed by atoms with Crippen LogP contribution in [-0.2, 0) is 13.0 Å². The summed E-state index contributed by atoms with van der Waals surface area (Å²) in [6.07, 6.45) is 1.80. The van der Waals surface area contributed by atoms with E-state index < -0.39 is 0 Å². The van der Waals surface area contributed by atoms with Gasteiger partial charge in [-0.05, 0) is 34.7 Å². The number of nitrogens with one attached hydrogen (secondary N) is 1. The van der Waals surface area contributed by atoms with E-state index in [-0.39, 0.29) is 12.3 Å². The van der Waals surface area contributed by atoms with Gasteiger partial charge in [0, 0.05) is 6.54 Å². The highest BCUT2D eigenvalue weighted by atomic mass is 16.3. The fourth-order valence-corrected chi connectivity index (χ4v) is 3.16. The second-order valence-electron chi connectivity index (χ2n) is 7.45. The topological polar surface area (TPSA) is 73.0 Å². The van der Waals surface area contributed by atoms with Gasteiger partial charge < -0.3 is 9.73 Å². The Balaban J connectivity index is 1.56. The van der Waals surface area contributed by atoms with Crippen LogP contribution in [0.4, 0.5) is 5.95 Å². The second-order valence-corrected chi connectivity index (χ2v) is 7.45. The molecule has 2 heterocycles. The van der Waals surface area contributed by atoms with Crippen LogP contribution in [0.2, 0.25) is 0 Å². The van der Waals surface area contributed by atoms with E-state index in [4.69, 9.17) is 4.42 Å². The summed E-state index contributed by atoms with van der Waals surface area (Å²) in [5.41, 5.74) is 3.32. The zero-order valence-electron chi connectivity index (χ0n) is 17.1. The van der Waals surface area contributed by atoms with Crippen molar-refractivity contribution in [1.29, 1.82) is 0 Å². The second kappa shape index (κ2) is 8.78. The minimum Gasteiger partial charge on any atom is -0.461 e. The molecule has 0 unspecified atom stereocenters. The SMILES string of the molecule is CC(C)c1ccc(CNc2nc(-c3ccco3)nn2C(=O)Cc2ccccc2)cc1. The molecule has 0 bridgehead atoms. The maximum Gasteiger partial charge on any atom is 0.254 e. The number of carbonyl (C=O) groups excluding carboxylic acids is 1. The fraction of sp³-hybridized carbons (Fsp3) is 0.208. The summed E-state index contributed by atoms with van der Waals surface area (Å²) in [6, 6.07) is 21.6. The predicted molar refractivity (Wildman–Crippen MR) is 116 cm³/mol. The molecule has 0 spiro atoms. The highest BCUT2D eigenvalue weighted by Gasteiger charge is 2.19. The van der Waals surface area contributed by atoms with Crippen molar-refractivity contribution in [1.82, 2.24) is 14.8 Å². The van der Waals surface area contributed by atoms with E-state index in [1.165, 1.54) is 10.2 Å². The Hall–Kier alpha value is -3.67. The Kier molecular flexibility index (Phi) is 5.75. The lowest BCUT2D eigenvalue weighted by molar-refractivity contribution is 0.0901. The van der Waals surface area contributed by atoms with E-state index in [9.17, 15) is 4.79 Å². The van der Waals surface area contributed by atoms with Gasteiger partial charge in [0.2, 0.25) is 11.8 Å². The quantitative estimate of drug-likeness (QED) is 0.464. The van der Waals surface area contributed by atoms with E-state index in [0.29, 0.717) is 30.0 Å². The van der Waals surface area contributed by atoms with Gasteiger partial charge in [-0.3, -0.25) is 4.79 Å². The van der Waals surface area contributed by atoms with E-state index in [0.717, 1.165) is 11.1 Å². The molecule has 2 aromatic carbocycles. The van der Waals surface area contributed by atoms with Crippen molar-refractivity contribution >= 4 is 11.9 Å². The van der Waals surface area contributed by atoms with Crippen molar-refractivity contribution in [2.24, 2.45) is 0 Å². The maximum absolute atomic E-state index is 12.9. The summed E-state index contributed by atoms with van der Waals surface area (Å²) >= 11 is 0. The third kappa shape index (κ3) is 4.49. The largest absolute Gasteiger partial charge is 0.461 e. The molecule has 4 rings (SSSR count). The molecule has 1 N–H and O–H groups in total. The van der Waals surface area contributed by atoms with Crippen molar-refractivity contribution in [3.63, 3.8) is 0 Å². The molecular weight excluding hydrogens is 376 g/mol. The number of hydrogen-bond donors (Lipinski definition) is 1. The zero-order valence-corrected chi connectivity index (χ0v) is 17.1. The van der Waals surface area contributed by atoms with Crippen molar-refractivity contribution in [2.75, 3.05) is 5.32 Å². The molecule has 0 radical (unpaired) electrons. The number of aromatic nitrogens is 3. The molecule has 0 fully saturated rings. The van der Waals surface area contributed by atoms with Crippen LogP contribution in [0.1, 0.15) is 41.3 Å². The van der Waals surface area contributed by atoms with Crippen molar-refractivity contribution in [3.05, 3.63) is 89.7 Å². The van der Waals surface area contributed by atoms with Crippen LogP contribution in [0.25, 0.3) is 11.6 Å². The minimum absolute atomic E-state index is 0.163. The van der Waals surface area contributed by atoms with Gasteiger partial charge in [-0.1, -0.05) is 68.4 Å². The zero-order chi connectivity index (χ0) is 20.9.